The van der Waals surface area contributed by atoms with Gasteiger partial charge < -0.3 is 15.3 Å². The zero-order chi connectivity index (χ0) is 14.7. The number of nitrogens with one attached hydrogen (secondary N) is 1. The van der Waals surface area contributed by atoms with E-state index in [4.69, 9.17) is 16.7 Å². The smallest absolute Gasteiger partial charge is 0.321 e. The molecule has 0 aliphatic carbocycles. The summed E-state index contributed by atoms with van der Waals surface area (Å²) in [5.41, 5.74) is 2.31. The maximum Gasteiger partial charge on any atom is 0.321 e. The summed E-state index contributed by atoms with van der Waals surface area (Å²) in [7, 11) is 0. The number of aryl methyl sites for hydroxylation is 2. The van der Waals surface area contributed by atoms with Gasteiger partial charge in [-0.25, -0.2) is 9.78 Å². The third-order valence-corrected chi connectivity index (χ3v) is 3.97. The number of pyridine rings is 1. The third-order valence-electron chi connectivity index (χ3n) is 3.69. The third kappa shape index (κ3) is 3.41. The number of aromatic nitrogens is 1. The van der Waals surface area contributed by atoms with E-state index in [0.717, 1.165) is 24.1 Å². The van der Waals surface area contributed by atoms with Crippen molar-refractivity contribution in [1.29, 1.82) is 0 Å². The van der Waals surface area contributed by atoms with Crippen molar-refractivity contribution in [3.8, 4) is 0 Å². The molecule has 1 fully saturated rings. The number of carbonyl (C=O) groups is 1. The van der Waals surface area contributed by atoms with Crippen LogP contribution in [0.4, 0.5) is 10.5 Å². The average Bonchev–Trinajstić information content (AvgIpc) is 2.42. The van der Waals surface area contributed by atoms with Crippen LogP contribution in [0.2, 0.25) is 5.15 Å². The molecular weight excluding hydrogens is 278 g/mol. The molecule has 1 aromatic heterocycles. The summed E-state index contributed by atoms with van der Waals surface area (Å²) in [4.78, 5) is 18.1. The first-order chi connectivity index (χ1) is 9.51. The Morgan fingerprint density at radius 1 is 1.50 bits per heavy atom. The van der Waals surface area contributed by atoms with Crippen LogP contribution in [-0.4, -0.2) is 40.7 Å². The van der Waals surface area contributed by atoms with E-state index >= 15 is 0 Å². The predicted octanol–water partition coefficient (Wildman–Crippen LogP) is 2.59. The molecule has 1 saturated heterocycles. The Bertz CT molecular complexity index is 476. The highest BCUT2D eigenvalue weighted by Crippen LogP contribution is 2.25. The predicted molar refractivity (Wildman–Crippen MR) is 79.1 cm³/mol. The molecule has 0 radical (unpaired) electrons. The number of rotatable bonds is 2. The fraction of sp³-hybridized carbons (Fsp3) is 0.571. The van der Waals surface area contributed by atoms with Gasteiger partial charge in [-0.1, -0.05) is 11.6 Å². The molecule has 0 saturated carbocycles. The number of hydrogen-bond acceptors (Lipinski definition) is 3. The van der Waals surface area contributed by atoms with Crippen molar-refractivity contribution in [2.45, 2.75) is 26.7 Å². The van der Waals surface area contributed by atoms with Gasteiger partial charge in [0, 0.05) is 25.4 Å². The van der Waals surface area contributed by atoms with Crippen LogP contribution in [0.1, 0.15) is 24.1 Å². The van der Waals surface area contributed by atoms with Crippen LogP contribution in [0.15, 0.2) is 6.07 Å². The van der Waals surface area contributed by atoms with E-state index in [1.54, 1.807) is 4.90 Å². The fourth-order valence-corrected chi connectivity index (χ4v) is 2.78. The topological polar surface area (TPSA) is 65.5 Å². The number of aliphatic hydroxyl groups is 1. The van der Waals surface area contributed by atoms with Crippen molar-refractivity contribution < 1.29 is 9.90 Å². The normalized spacial score (nSPS) is 16.3. The molecule has 2 N–H and O–H groups in total. The molecule has 110 valence electrons. The average molecular weight is 298 g/mol. The molecule has 2 amide bonds. The lowest BCUT2D eigenvalue weighted by Crippen LogP contribution is -2.41. The van der Waals surface area contributed by atoms with E-state index in [1.165, 1.54) is 0 Å². The lowest BCUT2D eigenvalue weighted by atomic mass is 9.98. The highest BCUT2D eigenvalue weighted by Gasteiger charge is 2.23. The second kappa shape index (κ2) is 6.41. The van der Waals surface area contributed by atoms with E-state index in [0.29, 0.717) is 29.8 Å². The zero-order valence-corrected chi connectivity index (χ0v) is 12.6. The standard InChI is InChI=1S/C14H20ClN3O2/c1-9-7-10(2)16-13(15)12(9)17-14(20)18-5-3-11(8-19)4-6-18/h7,11,19H,3-6,8H2,1-2H3,(H,17,20). The van der Waals surface area contributed by atoms with E-state index in [-0.39, 0.29) is 12.6 Å². The van der Waals surface area contributed by atoms with Crippen molar-refractivity contribution in [1.82, 2.24) is 9.88 Å². The van der Waals surface area contributed by atoms with Crippen LogP contribution in [0.5, 0.6) is 0 Å². The van der Waals surface area contributed by atoms with Gasteiger partial charge in [0.25, 0.3) is 0 Å². The SMILES string of the molecule is Cc1cc(C)c(NC(=O)N2CCC(CO)CC2)c(Cl)n1. The minimum Gasteiger partial charge on any atom is -0.396 e. The minimum absolute atomic E-state index is 0.156. The Labute approximate surface area is 123 Å². The number of likely N-dealkylation sites (tertiary alicyclic amines) is 1. The van der Waals surface area contributed by atoms with E-state index < -0.39 is 0 Å². The maximum absolute atomic E-state index is 12.2. The lowest BCUT2D eigenvalue weighted by Gasteiger charge is -2.31. The van der Waals surface area contributed by atoms with Gasteiger partial charge in [-0.15, -0.1) is 0 Å². The van der Waals surface area contributed by atoms with Gasteiger partial charge in [-0.3, -0.25) is 0 Å². The van der Waals surface area contributed by atoms with Crippen molar-refractivity contribution in [3.63, 3.8) is 0 Å². The summed E-state index contributed by atoms with van der Waals surface area (Å²) in [6.45, 7) is 5.28. The molecule has 0 bridgehead atoms. The number of nitrogens with zero attached hydrogens (tertiary/aromatic N) is 2. The Morgan fingerprint density at radius 3 is 2.70 bits per heavy atom. The minimum atomic E-state index is -0.156. The number of aliphatic hydroxyl groups excluding tert-OH is 1. The van der Waals surface area contributed by atoms with E-state index in [2.05, 4.69) is 10.3 Å². The molecule has 1 aliphatic heterocycles. The Hall–Kier alpha value is -1.33. The van der Waals surface area contributed by atoms with Crippen LogP contribution in [-0.2, 0) is 0 Å². The molecular formula is C14H20ClN3O2. The second-order valence-corrected chi connectivity index (χ2v) is 5.65. The van der Waals surface area contributed by atoms with Crippen molar-refractivity contribution in [2.24, 2.45) is 5.92 Å². The molecule has 6 heteroatoms. The summed E-state index contributed by atoms with van der Waals surface area (Å²) in [5.74, 6) is 0.311. The fourth-order valence-electron chi connectivity index (χ4n) is 2.45. The molecule has 0 unspecified atom stereocenters. The number of urea groups is 1. The first-order valence-corrected chi connectivity index (χ1v) is 7.19. The molecule has 1 aromatic rings. The number of carbonyl (C=O) groups excluding carboxylic acids is 1. The van der Waals surface area contributed by atoms with E-state index in [9.17, 15) is 4.79 Å². The molecule has 1 aliphatic rings. The number of piperidine rings is 1. The van der Waals surface area contributed by atoms with Gasteiger partial charge in [-0.2, -0.15) is 0 Å². The molecule has 5 nitrogen and oxygen atoms in total. The number of amides is 2. The first kappa shape index (κ1) is 15.1. The van der Waals surface area contributed by atoms with Crippen molar-refractivity contribution >= 4 is 23.3 Å². The largest absolute Gasteiger partial charge is 0.396 e. The van der Waals surface area contributed by atoms with Crippen LogP contribution in [0.25, 0.3) is 0 Å². The molecule has 2 heterocycles. The Morgan fingerprint density at radius 2 is 2.15 bits per heavy atom. The maximum atomic E-state index is 12.2. The molecule has 0 aromatic carbocycles. The quantitative estimate of drug-likeness (QED) is 0.825. The lowest BCUT2D eigenvalue weighted by molar-refractivity contribution is 0.143. The van der Waals surface area contributed by atoms with Crippen LogP contribution < -0.4 is 5.32 Å². The Balaban J connectivity index is 2.02. The molecule has 20 heavy (non-hydrogen) atoms. The van der Waals surface area contributed by atoms with Crippen LogP contribution in [0, 0.1) is 19.8 Å². The van der Waals surface area contributed by atoms with Gasteiger partial charge in [0.05, 0.1) is 5.69 Å². The number of hydrogen-bond donors (Lipinski definition) is 2. The summed E-state index contributed by atoms with van der Waals surface area (Å²) < 4.78 is 0. The van der Waals surface area contributed by atoms with Gasteiger partial charge in [0.2, 0.25) is 0 Å². The van der Waals surface area contributed by atoms with Crippen LogP contribution in [0.3, 0.4) is 0 Å². The highest BCUT2D eigenvalue weighted by molar-refractivity contribution is 6.32. The monoisotopic (exact) mass is 297 g/mol. The van der Waals surface area contributed by atoms with Gasteiger partial charge in [-0.05, 0) is 44.2 Å². The number of anilines is 1. The number of halogens is 1. The van der Waals surface area contributed by atoms with Crippen LogP contribution >= 0.6 is 11.6 Å². The summed E-state index contributed by atoms with van der Waals surface area (Å²) in [6, 6.07) is 1.73. The Kier molecular flexibility index (Phi) is 4.83. The van der Waals surface area contributed by atoms with Crippen molar-refractivity contribution in [2.75, 3.05) is 25.0 Å². The highest BCUT2D eigenvalue weighted by atomic mass is 35.5. The molecule has 2 rings (SSSR count). The van der Waals surface area contributed by atoms with Crippen molar-refractivity contribution in [3.05, 3.63) is 22.5 Å². The summed E-state index contributed by atoms with van der Waals surface area (Å²) >= 11 is 6.09. The molecule has 0 atom stereocenters. The summed E-state index contributed by atoms with van der Waals surface area (Å²) in [5, 5.41) is 12.3. The van der Waals surface area contributed by atoms with Gasteiger partial charge in [0.1, 0.15) is 0 Å². The molecule has 0 spiro atoms. The van der Waals surface area contributed by atoms with E-state index in [1.807, 2.05) is 19.9 Å². The zero-order valence-electron chi connectivity index (χ0n) is 11.8. The first-order valence-electron chi connectivity index (χ1n) is 6.81. The second-order valence-electron chi connectivity index (χ2n) is 5.29. The van der Waals surface area contributed by atoms with Gasteiger partial charge in [0.15, 0.2) is 5.15 Å². The summed E-state index contributed by atoms with van der Waals surface area (Å²) in [6.07, 6.45) is 1.67. The van der Waals surface area contributed by atoms with Gasteiger partial charge >= 0.3 is 6.03 Å².